The number of rotatable bonds is 4. The largest absolute Gasteiger partial charge is 0.454 e. The van der Waals surface area contributed by atoms with E-state index in [0.717, 1.165) is 22.5 Å². The first-order chi connectivity index (χ1) is 5.72. The molecule has 1 aromatic heterocycles. The van der Waals surface area contributed by atoms with Crippen molar-refractivity contribution in [3.63, 3.8) is 0 Å². The molecular weight excluding hydrogens is 265 g/mol. The van der Waals surface area contributed by atoms with Crippen LogP contribution < -0.4 is 5.32 Å². The first-order valence-electron chi connectivity index (χ1n) is 4.20. The second-order valence-corrected chi connectivity index (χ2v) is 3.96. The van der Waals surface area contributed by atoms with Crippen LogP contribution in [-0.4, -0.2) is 6.04 Å². The maximum atomic E-state index is 5.40. The second-order valence-electron chi connectivity index (χ2n) is 2.90. The molecule has 0 aliphatic heterocycles. The summed E-state index contributed by atoms with van der Waals surface area (Å²) in [5.74, 6) is 1.01. The fourth-order valence-electron chi connectivity index (χ4n) is 0.866. The minimum atomic E-state index is 0.563. The summed E-state index contributed by atoms with van der Waals surface area (Å²) in [6.45, 7) is 5.18. The first kappa shape index (κ1) is 10.1. The van der Waals surface area contributed by atoms with E-state index in [4.69, 9.17) is 4.42 Å². The Kier molecular flexibility index (Phi) is 4.08. The number of hydrogen-bond donors (Lipinski definition) is 1. The van der Waals surface area contributed by atoms with Gasteiger partial charge in [0, 0.05) is 6.04 Å². The molecule has 1 unspecified atom stereocenters. The predicted molar refractivity (Wildman–Crippen MR) is 58.0 cm³/mol. The van der Waals surface area contributed by atoms with Crippen molar-refractivity contribution in [2.24, 2.45) is 0 Å². The van der Waals surface area contributed by atoms with Gasteiger partial charge in [-0.3, -0.25) is 0 Å². The molecule has 12 heavy (non-hydrogen) atoms. The zero-order valence-electron chi connectivity index (χ0n) is 7.43. The van der Waals surface area contributed by atoms with Crippen LogP contribution in [0.2, 0.25) is 0 Å². The summed E-state index contributed by atoms with van der Waals surface area (Å²) >= 11 is 2.17. The minimum absolute atomic E-state index is 0.563. The molecule has 1 N–H and O–H groups in total. The molecule has 2 nitrogen and oxygen atoms in total. The lowest BCUT2D eigenvalue weighted by Gasteiger charge is -2.08. The molecule has 0 aromatic carbocycles. The normalized spacial score (nSPS) is 13.2. The molecule has 0 saturated carbocycles. The highest BCUT2D eigenvalue weighted by Crippen LogP contribution is 2.09. The Bertz CT molecular complexity index is 234. The molecule has 0 bridgehead atoms. The Morgan fingerprint density at radius 2 is 2.33 bits per heavy atom. The predicted octanol–water partition coefficient (Wildman–Crippen LogP) is 2.77. The first-order valence-corrected chi connectivity index (χ1v) is 5.28. The average Bonchev–Trinajstić information content (AvgIpc) is 2.47. The lowest BCUT2D eigenvalue weighted by molar-refractivity contribution is 0.437. The Balaban J connectivity index is 2.33. The van der Waals surface area contributed by atoms with E-state index in [-0.39, 0.29) is 0 Å². The third kappa shape index (κ3) is 3.15. The van der Waals surface area contributed by atoms with Gasteiger partial charge >= 0.3 is 0 Å². The third-order valence-electron chi connectivity index (χ3n) is 1.87. The van der Waals surface area contributed by atoms with E-state index in [9.17, 15) is 0 Å². The zero-order valence-corrected chi connectivity index (χ0v) is 9.59. The molecule has 0 radical (unpaired) electrons. The molecule has 0 aliphatic rings. The number of halogens is 1. The molecule has 0 amide bonds. The monoisotopic (exact) mass is 279 g/mol. The van der Waals surface area contributed by atoms with Gasteiger partial charge in [-0.2, -0.15) is 0 Å². The second kappa shape index (κ2) is 4.87. The van der Waals surface area contributed by atoms with Crippen LogP contribution in [0.4, 0.5) is 0 Å². The smallest absolute Gasteiger partial charge is 0.164 e. The summed E-state index contributed by atoms with van der Waals surface area (Å²) in [4.78, 5) is 0. The van der Waals surface area contributed by atoms with E-state index in [1.54, 1.807) is 0 Å². The van der Waals surface area contributed by atoms with E-state index in [0.29, 0.717) is 6.04 Å². The van der Waals surface area contributed by atoms with Crippen LogP contribution in [0.3, 0.4) is 0 Å². The molecule has 1 rings (SSSR count). The van der Waals surface area contributed by atoms with Gasteiger partial charge in [0.05, 0.1) is 6.54 Å². The Morgan fingerprint density at radius 1 is 1.58 bits per heavy atom. The van der Waals surface area contributed by atoms with Crippen LogP contribution in [0, 0.1) is 3.77 Å². The van der Waals surface area contributed by atoms with Crippen molar-refractivity contribution >= 4 is 22.6 Å². The van der Waals surface area contributed by atoms with Crippen molar-refractivity contribution in [1.29, 1.82) is 0 Å². The Hall–Kier alpha value is -0.0300. The van der Waals surface area contributed by atoms with Gasteiger partial charge < -0.3 is 9.73 Å². The van der Waals surface area contributed by atoms with Gasteiger partial charge in [0.1, 0.15) is 5.76 Å². The lowest BCUT2D eigenvalue weighted by atomic mass is 10.2. The quantitative estimate of drug-likeness (QED) is 0.857. The highest BCUT2D eigenvalue weighted by molar-refractivity contribution is 14.1. The zero-order chi connectivity index (χ0) is 8.97. The third-order valence-corrected chi connectivity index (χ3v) is 2.45. The topological polar surface area (TPSA) is 25.2 Å². The Labute approximate surface area is 86.9 Å². The van der Waals surface area contributed by atoms with E-state index < -0.39 is 0 Å². The minimum Gasteiger partial charge on any atom is -0.454 e. The van der Waals surface area contributed by atoms with Gasteiger partial charge in [-0.1, -0.05) is 6.92 Å². The number of hydrogen-bond acceptors (Lipinski definition) is 2. The summed E-state index contributed by atoms with van der Waals surface area (Å²) in [6, 6.07) is 4.55. The molecule has 0 saturated heterocycles. The molecular formula is C9H14INO. The van der Waals surface area contributed by atoms with Gasteiger partial charge in [-0.25, -0.2) is 0 Å². The highest BCUT2D eigenvalue weighted by Gasteiger charge is 2.01. The van der Waals surface area contributed by atoms with Crippen LogP contribution in [0.15, 0.2) is 16.5 Å². The SMILES string of the molecule is CCC(C)NCc1ccc(I)o1. The molecule has 0 aliphatic carbocycles. The highest BCUT2D eigenvalue weighted by atomic mass is 127. The van der Waals surface area contributed by atoms with Crippen LogP contribution in [0.25, 0.3) is 0 Å². The van der Waals surface area contributed by atoms with Crippen LogP contribution in [0.5, 0.6) is 0 Å². The van der Waals surface area contributed by atoms with Crippen molar-refractivity contribution in [1.82, 2.24) is 5.32 Å². The maximum Gasteiger partial charge on any atom is 0.164 e. The summed E-state index contributed by atoms with van der Waals surface area (Å²) in [6.07, 6.45) is 1.15. The van der Waals surface area contributed by atoms with Gasteiger partial charge in [0.2, 0.25) is 0 Å². The maximum absolute atomic E-state index is 5.40. The summed E-state index contributed by atoms with van der Waals surface area (Å²) < 4.78 is 6.35. The fourth-order valence-corrected chi connectivity index (χ4v) is 1.33. The van der Waals surface area contributed by atoms with E-state index >= 15 is 0 Å². The summed E-state index contributed by atoms with van der Waals surface area (Å²) in [5.41, 5.74) is 0. The summed E-state index contributed by atoms with van der Waals surface area (Å²) in [7, 11) is 0. The molecule has 0 spiro atoms. The molecule has 68 valence electrons. The lowest BCUT2D eigenvalue weighted by Crippen LogP contribution is -2.24. The summed E-state index contributed by atoms with van der Waals surface area (Å²) in [5, 5.41) is 3.36. The van der Waals surface area contributed by atoms with Crippen molar-refractivity contribution in [3.05, 3.63) is 21.7 Å². The van der Waals surface area contributed by atoms with E-state index in [2.05, 4.69) is 41.8 Å². The van der Waals surface area contributed by atoms with Crippen LogP contribution in [-0.2, 0) is 6.54 Å². The van der Waals surface area contributed by atoms with Gasteiger partial charge in [0.15, 0.2) is 3.77 Å². The van der Waals surface area contributed by atoms with E-state index in [1.807, 2.05) is 12.1 Å². The van der Waals surface area contributed by atoms with E-state index in [1.165, 1.54) is 0 Å². The number of nitrogens with one attached hydrogen (secondary N) is 1. The van der Waals surface area contributed by atoms with Crippen molar-refractivity contribution in [2.75, 3.05) is 0 Å². The molecule has 1 heterocycles. The number of furan rings is 1. The van der Waals surface area contributed by atoms with Gasteiger partial charge in [-0.15, -0.1) is 0 Å². The van der Waals surface area contributed by atoms with Crippen molar-refractivity contribution in [3.8, 4) is 0 Å². The van der Waals surface area contributed by atoms with Crippen molar-refractivity contribution < 1.29 is 4.42 Å². The molecule has 1 atom stereocenters. The Morgan fingerprint density at radius 3 is 2.83 bits per heavy atom. The van der Waals surface area contributed by atoms with Crippen molar-refractivity contribution in [2.45, 2.75) is 32.9 Å². The fraction of sp³-hybridized carbons (Fsp3) is 0.556. The van der Waals surface area contributed by atoms with Crippen LogP contribution >= 0.6 is 22.6 Å². The molecule has 3 heteroatoms. The molecule has 1 aromatic rings. The molecule has 0 fully saturated rings. The standard InChI is InChI=1S/C9H14INO/c1-3-7(2)11-6-8-4-5-9(10)12-8/h4-5,7,11H,3,6H2,1-2H3. The average molecular weight is 279 g/mol. The van der Waals surface area contributed by atoms with Gasteiger partial charge in [-0.05, 0) is 48.1 Å². The van der Waals surface area contributed by atoms with Gasteiger partial charge in [0.25, 0.3) is 0 Å². The van der Waals surface area contributed by atoms with Crippen LogP contribution in [0.1, 0.15) is 26.0 Å².